The van der Waals surface area contributed by atoms with Gasteiger partial charge < -0.3 is 4.74 Å². The molecule has 0 fully saturated rings. The fourth-order valence-electron chi connectivity index (χ4n) is 3.57. The number of aromatic nitrogens is 2. The second kappa shape index (κ2) is 9.55. The minimum atomic E-state index is -0.398. The third kappa shape index (κ3) is 4.94. The quantitative estimate of drug-likeness (QED) is 0.484. The topological polar surface area (TPSA) is 44.1 Å². The number of rotatable bonds is 7. The minimum Gasteiger partial charge on any atom is -0.444 e. The fraction of sp³-hybridized carbons (Fsp3) is 0.360. The number of ether oxygens (including phenoxy) is 1. The molecule has 3 rings (SSSR count). The molecule has 1 atom stereocenters. The zero-order valence-electron chi connectivity index (χ0n) is 17.8. The van der Waals surface area contributed by atoms with Crippen molar-refractivity contribution in [3.8, 4) is 0 Å². The van der Waals surface area contributed by atoms with E-state index >= 15 is 0 Å². The van der Waals surface area contributed by atoms with Crippen LogP contribution < -0.4 is 0 Å². The van der Waals surface area contributed by atoms with Gasteiger partial charge in [-0.15, -0.1) is 0 Å². The van der Waals surface area contributed by atoms with Gasteiger partial charge in [-0.05, 0) is 54.5 Å². The van der Waals surface area contributed by atoms with Crippen LogP contribution in [0.3, 0.4) is 0 Å². The number of aryl methyl sites for hydroxylation is 2. The van der Waals surface area contributed by atoms with Crippen LogP contribution in [-0.4, -0.2) is 15.6 Å². The zero-order valence-corrected chi connectivity index (χ0v) is 17.8. The van der Waals surface area contributed by atoms with Crippen molar-refractivity contribution in [1.82, 2.24) is 9.55 Å². The molecule has 4 heteroatoms. The van der Waals surface area contributed by atoms with E-state index in [9.17, 15) is 4.79 Å². The first kappa shape index (κ1) is 20.8. The second-order valence-electron chi connectivity index (χ2n) is 7.64. The van der Waals surface area contributed by atoms with Crippen molar-refractivity contribution in [3.05, 3.63) is 88.5 Å². The van der Waals surface area contributed by atoms with E-state index in [1.165, 1.54) is 39.7 Å². The van der Waals surface area contributed by atoms with Crippen molar-refractivity contribution in [2.75, 3.05) is 0 Å². The summed E-state index contributed by atoms with van der Waals surface area (Å²) in [4.78, 5) is 17.1. The van der Waals surface area contributed by atoms with E-state index in [0.717, 1.165) is 12.0 Å². The molecule has 29 heavy (non-hydrogen) atoms. The third-order valence-corrected chi connectivity index (χ3v) is 5.57. The van der Waals surface area contributed by atoms with Gasteiger partial charge in [0.05, 0.1) is 0 Å². The summed E-state index contributed by atoms with van der Waals surface area (Å²) in [5.74, 6) is 0.689. The molecule has 0 saturated heterocycles. The van der Waals surface area contributed by atoms with Crippen LogP contribution in [0, 0.1) is 13.8 Å². The summed E-state index contributed by atoms with van der Waals surface area (Å²) >= 11 is 0. The average molecular weight is 391 g/mol. The van der Waals surface area contributed by atoms with Crippen molar-refractivity contribution in [2.45, 2.75) is 59.5 Å². The van der Waals surface area contributed by atoms with E-state index in [1.54, 1.807) is 12.4 Å². The molecule has 0 spiro atoms. The summed E-state index contributed by atoms with van der Waals surface area (Å²) in [5, 5.41) is 0. The summed E-state index contributed by atoms with van der Waals surface area (Å²) in [6.07, 6.45) is 6.40. The number of carbonyl (C=O) groups excluding carboxylic acids is 1. The van der Waals surface area contributed by atoms with Gasteiger partial charge in [-0.2, -0.15) is 0 Å². The first-order chi connectivity index (χ1) is 14.0. The van der Waals surface area contributed by atoms with E-state index < -0.39 is 6.09 Å². The molecule has 0 saturated carbocycles. The van der Waals surface area contributed by atoms with Crippen LogP contribution in [0.15, 0.2) is 54.9 Å². The van der Waals surface area contributed by atoms with Gasteiger partial charge >= 0.3 is 6.09 Å². The Kier molecular flexibility index (Phi) is 6.86. The molecule has 3 aromatic rings. The molecule has 152 valence electrons. The van der Waals surface area contributed by atoms with Gasteiger partial charge in [0.2, 0.25) is 0 Å². The Bertz CT molecular complexity index is 957. The summed E-state index contributed by atoms with van der Waals surface area (Å²) in [7, 11) is 0. The van der Waals surface area contributed by atoms with Gasteiger partial charge in [0, 0.05) is 18.3 Å². The van der Waals surface area contributed by atoms with Crippen molar-refractivity contribution in [3.63, 3.8) is 0 Å². The summed E-state index contributed by atoms with van der Waals surface area (Å²) in [5.41, 5.74) is 5.94. The predicted molar refractivity (Wildman–Crippen MR) is 116 cm³/mol. The van der Waals surface area contributed by atoms with Gasteiger partial charge in [-0.3, -0.25) is 0 Å². The molecular formula is C25H30N2O2. The van der Waals surface area contributed by atoms with Crippen molar-refractivity contribution in [1.29, 1.82) is 0 Å². The Balaban J connectivity index is 1.68. The van der Waals surface area contributed by atoms with E-state index in [-0.39, 0.29) is 12.5 Å². The predicted octanol–water partition coefficient (Wildman–Crippen LogP) is 6.18. The molecular weight excluding hydrogens is 360 g/mol. The summed E-state index contributed by atoms with van der Waals surface area (Å²) in [6, 6.07) is 14.5. The van der Waals surface area contributed by atoms with Crippen molar-refractivity contribution >= 4 is 6.09 Å². The molecule has 0 N–H and O–H groups in total. The van der Waals surface area contributed by atoms with Gasteiger partial charge in [-0.1, -0.05) is 62.7 Å². The largest absolute Gasteiger partial charge is 0.444 e. The fourth-order valence-corrected chi connectivity index (χ4v) is 3.57. The number of carbonyl (C=O) groups is 1. The van der Waals surface area contributed by atoms with Crippen LogP contribution in [0.25, 0.3) is 0 Å². The smallest absolute Gasteiger partial charge is 0.419 e. The number of imidazole rings is 1. The molecule has 2 aromatic carbocycles. The normalized spacial score (nSPS) is 12.0. The number of hydrogen-bond donors (Lipinski definition) is 0. The molecule has 4 nitrogen and oxygen atoms in total. The highest BCUT2D eigenvalue weighted by molar-refractivity contribution is 5.71. The maximum Gasteiger partial charge on any atom is 0.419 e. The summed E-state index contributed by atoms with van der Waals surface area (Å²) < 4.78 is 7.07. The van der Waals surface area contributed by atoms with Crippen molar-refractivity contribution < 1.29 is 9.53 Å². The first-order valence-corrected chi connectivity index (χ1v) is 10.4. The molecule has 1 aromatic heterocycles. The molecule has 0 bridgehead atoms. The van der Waals surface area contributed by atoms with Crippen LogP contribution in [0.4, 0.5) is 4.79 Å². The third-order valence-electron chi connectivity index (χ3n) is 5.57. The second-order valence-corrected chi connectivity index (χ2v) is 7.64. The number of unbranched alkanes of at least 4 members (excludes halogenated alkanes) is 1. The van der Waals surface area contributed by atoms with E-state index in [2.05, 4.69) is 56.9 Å². The lowest BCUT2D eigenvalue weighted by Gasteiger charge is -2.17. The maximum absolute atomic E-state index is 12.7. The molecule has 0 amide bonds. The van der Waals surface area contributed by atoms with Crippen molar-refractivity contribution in [2.24, 2.45) is 0 Å². The zero-order chi connectivity index (χ0) is 20.8. The lowest BCUT2D eigenvalue weighted by Crippen LogP contribution is -2.18. The standard InChI is InChI=1S/C25H30N2O2/c1-5-6-9-21-11-13-22(14-12-21)17-29-25(28)27-16-15-26-24(27)20(4)23-10-7-8-18(2)19(23)3/h7-8,10-16,20H,5-6,9,17H2,1-4H3/t20-/m0/s1. The number of benzene rings is 2. The average Bonchev–Trinajstić information content (AvgIpc) is 3.23. The highest BCUT2D eigenvalue weighted by atomic mass is 16.5. The molecule has 1 heterocycles. The van der Waals surface area contributed by atoms with Crippen LogP contribution >= 0.6 is 0 Å². The number of nitrogens with zero attached hydrogens (tertiary/aromatic N) is 2. The Morgan fingerprint density at radius 2 is 1.83 bits per heavy atom. The minimum absolute atomic E-state index is 0.00435. The SMILES string of the molecule is CCCCc1ccc(COC(=O)n2ccnc2[C@@H](C)c2cccc(C)c2C)cc1. The highest BCUT2D eigenvalue weighted by Crippen LogP contribution is 2.27. The monoisotopic (exact) mass is 390 g/mol. The van der Waals surface area contributed by atoms with E-state index in [0.29, 0.717) is 5.82 Å². The van der Waals surface area contributed by atoms with Gasteiger partial charge in [0.15, 0.2) is 0 Å². The van der Waals surface area contributed by atoms with Crippen LogP contribution in [-0.2, 0) is 17.8 Å². The maximum atomic E-state index is 12.7. The molecule has 0 unspecified atom stereocenters. The first-order valence-electron chi connectivity index (χ1n) is 10.4. The van der Waals surface area contributed by atoms with Crippen LogP contribution in [0.5, 0.6) is 0 Å². The molecule has 0 radical (unpaired) electrons. The lowest BCUT2D eigenvalue weighted by atomic mass is 9.93. The van der Waals surface area contributed by atoms with Gasteiger partial charge in [0.1, 0.15) is 12.4 Å². The van der Waals surface area contributed by atoms with E-state index in [1.807, 2.05) is 18.2 Å². The Morgan fingerprint density at radius 3 is 2.55 bits per heavy atom. The van der Waals surface area contributed by atoms with Gasteiger partial charge in [0.25, 0.3) is 0 Å². The number of hydrogen-bond acceptors (Lipinski definition) is 3. The Labute approximate surface area is 173 Å². The van der Waals surface area contributed by atoms with Crippen LogP contribution in [0.2, 0.25) is 0 Å². The van der Waals surface area contributed by atoms with Gasteiger partial charge in [-0.25, -0.2) is 14.3 Å². The lowest BCUT2D eigenvalue weighted by molar-refractivity contribution is 0.140. The molecule has 0 aliphatic heterocycles. The molecule has 0 aliphatic carbocycles. The van der Waals surface area contributed by atoms with Crippen LogP contribution in [0.1, 0.15) is 66.2 Å². The molecule has 0 aliphatic rings. The summed E-state index contributed by atoms with van der Waals surface area (Å²) in [6.45, 7) is 8.72. The highest BCUT2D eigenvalue weighted by Gasteiger charge is 2.20. The Hall–Kier alpha value is -2.88. The Morgan fingerprint density at radius 1 is 1.10 bits per heavy atom. The van der Waals surface area contributed by atoms with E-state index in [4.69, 9.17) is 4.74 Å².